The quantitative estimate of drug-likeness (QED) is 0.160. The number of aromatic nitrogens is 1. The number of allylic oxidation sites excluding steroid dienone is 1. The van der Waals surface area contributed by atoms with Crippen LogP contribution in [-0.4, -0.2) is 70.2 Å². The molecule has 11 heteroatoms. The van der Waals surface area contributed by atoms with Crippen LogP contribution in [0.1, 0.15) is 41.5 Å². The van der Waals surface area contributed by atoms with Gasteiger partial charge in [-0.3, -0.25) is 9.59 Å². The van der Waals surface area contributed by atoms with E-state index in [1.54, 1.807) is 17.1 Å². The number of benzene rings is 3. The van der Waals surface area contributed by atoms with E-state index < -0.39 is 30.1 Å². The number of fused-ring (bicyclic) bond motifs is 2. The van der Waals surface area contributed by atoms with Crippen LogP contribution < -0.4 is 10.6 Å². The Kier molecular flexibility index (Phi) is 11.2. The van der Waals surface area contributed by atoms with Gasteiger partial charge >= 0.3 is 12.1 Å². The minimum atomic E-state index is -1.03. The zero-order valence-corrected chi connectivity index (χ0v) is 27.8. The Balaban J connectivity index is 1.20. The number of hydrogen-bond donors (Lipinski definition) is 4. The number of aliphatic hydroxyl groups is 1. The molecule has 3 heterocycles. The Bertz CT molecular complexity index is 1840. The van der Waals surface area contributed by atoms with Crippen LogP contribution in [0.2, 0.25) is 0 Å². The third kappa shape index (κ3) is 8.59. The van der Waals surface area contributed by atoms with Gasteiger partial charge in [-0.1, -0.05) is 84.9 Å². The summed E-state index contributed by atoms with van der Waals surface area (Å²) in [6, 6.07) is 22.8. The molecular formula is C39H42N4O7. The van der Waals surface area contributed by atoms with Crippen LogP contribution in [0.5, 0.6) is 0 Å². The fraction of sp³-hybridized carbons (Fsp3) is 0.333. The van der Waals surface area contributed by atoms with Crippen LogP contribution in [0.15, 0.2) is 97.2 Å². The summed E-state index contributed by atoms with van der Waals surface area (Å²) in [7, 11) is 0. The first kappa shape index (κ1) is 34.4. The van der Waals surface area contributed by atoms with Gasteiger partial charge in [-0.15, -0.1) is 0 Å². The lowest BCUT2D eigenvalue weighted by Gasteiger charge is -2.36. The number of para-hydroxylation sites is 1. The zero-order chi connectivity index (χ0) is 34.9. The smallest absolute Gasteiger partial charge is 0.408 e. The molecule has 0 spiro atoms. The Hall–Kier alpha value is -5.42. The number of nitrogens with one attached hydrogen (secondary N) is 3. The second-order valence-electron chi connectivity index (χ2n) is 12.8. The van der Waals surface area contributed by atoms with Crippen molar-refractivity contribution in [2.45, 2.75) is 63.4 Å². The summed E-state index contributed by atoms with van der Waals surface area (Å²) < 4.78 is 11.1. The van der Waals surface area contributed by atoms with Crippen molar-refractivity contribution in [1.29, 1.82) is 0 Å². The van der Waals surface area contributed by atoms with Crippen molar-refractivity contribution in [3.05, 3.63) is 119 Å². The molecule has 4 aromatic rings. The summed E-state index contributed by atoms with van der Waals surface area (Å²) in [4.78, 5) is 58.6. The van der Waals surface area contributed by atoms with Crippen molar-refractivity contribution in [1.82, 2.24) is 20.5 Å². The van der Waals surface area contributed by atoms with Gasteiger partial charge in [0.25, 0.3) is 0 Å². The van der Waals surface area contributed by atoms with Crippen LogP contribution in [0.3, 0.4) is 0 Å². The van der Waals surface area contributed by atoms with E-state index in [2.05, 4.69) is 15.6 Å². The number of nitrogens with zero attached hydrogens (tertiary/aromatic N) is 1. The Labute approximate surface area is 290 Å². The van der Waals surface area contributed by atoms with Gasteiger partial charge in [-0.05, 0) is 54.0 Å². The number of carbonyl (C=O) groups is 4. The second-order valence-corrected chi connectivity index (χ2v) is 12.8. The number of amides is 3. The predicted molar refractivity (Wildman–Crippen MR) is 186 cm³/mol. The monoisotopic (exact) mass is 678 g/mol. The molecule has 4 N–H and O–H groups in total. The first-order valence-electron chi connectivity index (χ1n) is 17.0. The first-order valence-corrected chi connectivity index (χ1v) is 17.0. The Morgan fingerprint density at radius 3 is 2.50 bits per heavy atom. The third-order valence-electron chi connectivity index (χ3n) is 9.34. The van der Waals surface area contributed by atoms with E-state index in [1.807, 2.05) is 85.1 Å². The number of esters is 1. The van der Waals surface area contributed by atoms with Crippen molar-refractivity contribution < 1.29 is 33.8 Å². The van der Waals surface area contributed by atoms with Crippen LogP contribution >= 0.6 is 0 Å². The highest BCUT2D eigenvalue weighted by Gasteiger charge is 2.33. The molecule has 1 aromatic heterocycles. The third-order valence-corrected chi connectivity index (χ3v) is 9.34. The van der Waals surface area contributed by atoms with E-state index in [0.29, 0.717) is 19.4 Å². The molecule has 3 amide bonds. The summed E-state index contributed by atoms with van der Waals surface area (Å²) in [5, 5.41) is 16.8. The van der Waals surface area contributed by atoms with Gasteiger partial charge in [0.15, 0.2) is 0 Å². The first-order chi connectivity index (χ1) is 24.4. The number of carbonyl (C=O) groups excluding carboxylic acids is 4. The molecule has 0 radical (unpaired) electrons. The molecule has 4 unspecified atom stereocenters. The molecule has 50 heavy (non-hydrogen) atoms. The number of aromatic amines is 1. The fourth-order valence-corrected chi connectivity index (χ4v) is 6.59. The molecule has 3 aromatic carbocycles. The normalized spacial score (nSPS) is 21.3. The van der Waals surface area contributed by atoms with E-state index in [-0.39, 0.29) is 56.9 Å². The van der Waals surface area contributed by atoms with Gasteiger partial charge in [0.05, 0.1) is 24.6 Å². The molecule has 0 saturated carbocycles. The molecule has 0 fully saturated rings. The summed E-state index contributed by atoms with van der Waals surface area (Å²) >= 11 is 0. The molecule has 4 atom stereocenters. The van der Waals surface area contributed by atoms with Gasteiger partial charge in [0, 0.05) is 30.1 Å². The highest BCUT2D eigenvalue weighted by Crippen LogP contribution is 2.26. The van der Waals surface area contributed by atoms with Gasteiger partial charge in [-0.25, -0.2) is 9.59 Å². The average molecular weight is 679 g/mol. The van der Waals surface area contributed by atoms with Crippen LogP contribution in [-0.2, 0) is 49.9 Å². The molecule has 0 saturated heterocycles. The minimum Gasteiger partial charge on any atom is -0.462 e. The zero-order valence-electron chi connectivity index (χ0n) is 27.8. The molecule has 6 rings (SSSR count). The van der Waals surface area contributed by atoms with Crippen molar-refractivity contribution >= 4 is 34.8 Å². The highest BCUT2D eigenvalue weighted by molar-refractivity contribution is 5.87. The number of H-pyrrole nitrogens is 1. The van der Waals surface area contributed by atoms with Gasteiger partial charge in [0.1, 0.15) is 19.3 Å². The van der Waals surface area contributed by atoms with Gasteiger partial charge in [0.2, 0.25) is 11.8 Å². The maximum absolute atomic E-state index is 13.9. The highest BCUT2D eigenvalue weighted by atomic mass is 16.6. The molecule has 11 nitrogen and oxygen atoms in total. The predicted octanol–water partition coefficient (Wildman–Crippen LogP) is 4.34. The molecule has 0 bridgehead atoms. The molecule has 2 aliphatic rings. The lowest BCUT2D eigenvalue weighted by Crippen LogP contribution is -2.49. The van der Waals surface area contributed by atoms with Crippen LogP contribution in [0, 0.1) is 5.92 Å². The van der Waals surface area contributed by atoms with E-state index in [1.165, 1.54) is 0 Å². The lowest BCUT2D eigenvalue weighted by molar-refractivity contribution is -0.147. The van der Waals surface area contributed by atoms with Crippen molar-refractivity contribution in [2.24, 2.45) is 5.92 Å². The fourth-order valence-electron chi connectivity index (χ4n) is 6.59. The number of alkyl carbamates (subject to hydrolysis) is 1. The van der Waals surface area contributed by atoms with E-state index in [4.69, 9.17) is 9.47 Å². The maximum atomic E-state index is 13.9. The number of rotatable bonds is 8. The summed E-state index contributed by atoms with van der Waals surface area (Å²) in [6.45, 7) is 0.0635. The van der Waals surface area contributed by atoms with Crippen molar-refractivity contribution in [3.63, 3.8) is 0 Å². The van der Waals surface area contributed by atoms with Gasteiger partial charge in [-0.2, -0.15) is 0 Å². The van der Waals surface area contributed by atoms with Crippen LogP contribution in [0.4, 0.5) is 4.79 Å². The SMILES string of the molecule is O=C(NC1CC=CCC(CC(=O)N2Cc3ccccc3CC2CO)C(=O)NC(Cc2c[nH]c3ccccc23)COC1=O)OCc1ccccc1. The van der Waals surface area contributed by atoms with Crippen LogP contribution in [0.25, 0.3) is 10.9 Å². The topological polar surface area (TPSA) is 150 Å². The number of hydrogen-bond acceptors (Lipinski definition) is 7. The summed E-state index contributed by atoms with van der Waals surface area (Å²) in [5.74, 6) is -1.93. The number of cyclic esters (lactones) is 1. The maximum Gasteiger partial charge on any atom is 0.408 e. The second kappa shape index (κ2) is 16.3. The lowest BCUT2D eigenvalue weighted by atomic mass is 9.92. The Morgan fingerprint density at radius 1 is 0.940 bits per heavy atom. The minimum absolute atomic E-state index is 0.0401. The molecule has 2 aliphatic heterocycles. The standard InChI is InChI=1S/C39H42N4O7/c44-23-32-19-27-12-4-5-14-29(27)22-43(32)36(45)20-28-13-6-8-17-35(42-39(48)50-24-26-10-2-1-3-11-26)38(47)49-25-31(41-37(28)46)18-30-21-40-34-16-9-7-15-33(30)34/h1-12,14-16,21,28,31-32,35,40,44H,13,17-20,22-25H2,(H,41,46)(H,42,48). The molecule has 0 aliphatic carbocycles. The van der Waals surface area contributed by atoms with Gasteiger partial charge < -0.3 is 35.1 Å². The largest absolute Gasteiger partial charge is 0.462 e. The number of aliphatic hydroxyl groups excluding tert-OH is 1. The average Bonchev–Trinajstić information content (AvgIpc) is 3.55. The number of ether oxygens (including phenoxy) is 2. The molecule has 260 valence electrons. The van der Waals surface area contributed by atoms with E-state index in [9.17, 15) is 24.3 Å². The van der Waals surface area contributed by atoms with Crippen molar-refractivity contribution in [3.8, 4) is 0 Å². The molecular weight excluding hydrogens is 636 g/mol. The Morgan fingerprint density at radius 2 is 1.68 bits per heavy atom. The summed E-state index contributed by atoms with van der Waals surface area (Å²) in [5.41, 5.74) is 4.80. The summed E-state index contributed by atoms with van der Waals surface area (Å²) in [6.07, 6.45) is 5.71. The van der Waals surface area contributed by atoms with Crippen molar-refractivity contribution in [2.75, 3.05) is 13.2 Å². The van der Waals surface area contributed by atoms with E-state index >= 15 is 0 Å². The van der Waals surface area contributed by atoms with E-state index in [0.717, 1.165) is 33.2 Å².